The van der Waals surface area contributed by atoms with Crippen LogP contribution in [0.1, 0.15) is 54.6 Å². The second-order valence-corrected chi connectivity index (χ2v) is 5.31. The van der Waals surface area contributed by atoms with Crippen molar-refractivity contribution < 1.29 is 4.79 Å². The summed E-state index contributed by atoms with van der Waals surface area (Å²) in [6.07, 6.45) is 2.93. The van der Waals surface area contributed by atoms with Crippen LogP contribution in [0, 0.1) is 13.8 Å². The number of carbonyl (C=O) groups is 1. The van der Waals surface area contributed by atoms with Crippen LogP contribution in [-0.2, 0) is 0 Å². The molecule has 2 nitrogen and oxygen atoms in total. The highest BCUT2D eigenvalue weighted by Crippen LogP contribution is 2.12. The first-order chi connectivity index (χ1) is 9.08. The molecule has 1 aromatic carbocycles. The van der Waals surface area contributed by atoms with Crippen LogP contribution < -0.4 is 0 Å². The summed E-state index contributed by atoms with van der Waals surface area (Å²) >= 11 is 0. The summed E-state index contributed by atoms with van der Waals surface area (Å²) in [6, 6.07) is 6.01. The molecular formula is C17H27NO. The number of hydrogen-bond acceptors (Lipinski definition) is 2. The molecule has 0 atom stereocenters. The number of carbonyl (C=O) groups excluding carboxylic acids is 1. The van der Waals surface area contributed by atoms with Gasteiger partial charge in [0.2, 0.25) is 0 Å². The molecule has 0 amide bonds. The Balaban J connectivity index is 2.56. The van der Waals surface area contributed by atoms with Gasteiger partial charge in [-0.2, -0.15) is 0 Å². The zero-order chi connectivity index (χ0) is 14.3. The van der Waals surface area contributed by atoms with E-state index in [2.05, 4.69) is 32.6 Å². The minimum Gasteiger partial charge on any atom is -0.303 e. The lowest BCUT2D eigenvalue weighted by Gasteiger charge is -2.20. The van der Waals surface area contributed by atoms with Crippen LogP contribution in [0.25, 0.3) is 0 Å². The highest BCUT2D eigenvalue weighted by molar-refractivity contribution is 5.96. The first-order valence-corrected chi connectivity index (χ1v) is 7.41. The molecule has 19 heavy (non-hydrogen) atoms. The summed E-state index contributed by atoms with van der Waals surface area (Å²) in [5.41, 5.74) is 3.30. The second-order valence-electron chi connectivity index (χ2n) is 5.31. The molecule has 0 aliphatic carbocycles. The number of nitrogens with zero attached hydrogens (tertiary/aromatic N) is 1. The van der Waals surface area contributed by atoms with Gasteiger partial charge in [0.15, 0.2) is 5.78 Å². The van der Waals surface area contributed by atoms with Crippen molar-refractivity contribution in [3.63, 3.8) is 0 Å². The maximum atomic E-state index is 12.2. The van der Waals surface area contributed by atoms with Crippen LogP contribution in [0.5, 0.6) is 0 Å². The molecule has 0 spiro atoms. The van der Waals surface area contributed by atoms with Crippen molar-refractivity contribution in [2.75, 3.05) is 19.6 Å². The molecule has 1 aromatic rings. The summed E-state index contributed by atoms with van der Waals surface area (Å²) in [6.45, 7) is 11.6. The zero-order valence-corrected chi connectivity index (χ0v) is 12.8. The third kappa shape index (κ3) is 5.15. The number of aryl methyl sites for hydroxylation is 2. The molecule has 0 unspecified atom stereocenters. The first kappa shape index (κ1) is 15.9. The van der Waals surface area contributed by atoms with Crippen LogP contribution >= 0.6 is 0 Å². The molecule has 106 valence electrons. The Morgan fingerprint density at radius 1 is 1.00 bits per heavy atom. The van der Waals surface area contributed by atoms with Crippen LogP contribution in [0.3, 0.4) is 0 Å². The molecule has 0 bridgehead atoms. The molecule has 0 heterocycles. The van der Waals surface area contributed by atoms with Crippen molar-refractivity contribution in [3.05, 3.63) is 34.9 Å². The van der Waals surface area contributed by atoms with Crippen LogP contribution in [0.4, 0.5) is 0 Å². The Morgan fingerprint density at radius 3 is 2.16 bits per heavy atom. The van der Waals surface area contributed by atoms with Gasteiger partial charge in [0, 0.05) is 18.5 Å². The highest BCUT2D eigenvalue weighted by atomic mass is 16.1. The van der Waals surface area contributed by atoms with Crippen molar-refractivity contribution >= 4 is 5.78 Å². The van der Waals surface area contributed by atoms with E-state index < -0.39 is 0 Å². The minimum absolute atomic E-state index is 0.264. The third-order valence-electron chi connectivity index (χ3n) is 3.56. The summed E-state index contributed by atoms with van der Waals surface area (Å²) in [5.74, 6) is 0.264. The summed E-state index contributed by atoms with van der Waals surface area (Å²) in [4.78, 5) is 14.6. The number of ketones is 1. The molecule has 0 aliphatic rings. The van der Waals surface area contributed by atoms with Gasteiger partial charge in [-0.05, 0) is 57.0 Å². The maximum Gasteiger partial charge on any atom is 0.164 e. The van der Waals surface area contributed by atoms with E-state index in [0.717, 1.165) is 38.0 Å². The van der Waals surface area contributed by atoms with Gasteiger partial charge in [0.1, 0.15) is 0 Å². The van der Waals surface area contributed by atoms with E-state index in [0.29, 0.717) is 6.42 Å². The lowest BCUT2D eigenvalue weighted by molar-refractivity contribution is 0.0964. The quantitative estimate of drug-likeness (QED) is 0.659. The third-order valence-corrected chi connectivity index (χ3v) is 3.56. The van der Waals surface area contributed by atoms with Crippen molar-refractivity contribution in [2.45, 2.75) is 47.0 Å². The van der Waals surface area contributed by atoms with Crippen LogP contribution in [0.2, 0.25) is 0 Å². The molecule has 2 heteroatoms. The first-order valence-electron chi connectivity index (χ1n) is 7.41. The molecule has 1 rings (SSSR count). The van der Waals surface area contributed by atoms with Crippen molar-refractivity contribution in [1.82, 2.24) is 4.90 Å². The second kappa shape index (κ2) is 8.11. The number of rotatable bonds is 8. The lowest BCUT2D eigenvalue weighted by Crippen LogP contribution is -2.28. The molecule has 0 aromatic heterocycles. The van der Waals surface area contributed by atoms with Gasteiger partial charge in [-0.1, -0.05) is 26.0 Å². The van der Waals surface area contributed by atoms with E-state index in [4.69, 9.17) is 0 Å². The Kier molecular flexibility index (Phi) is 6.79. The SMILES string of the molecule is CCCN(CCC)CCC(=O)c1ccc(C)c(C)c1. The van der Waals surface area contributed by atoms with Crippen LogP contribution in [0.15, 0.2) is 18.2 Å². The Labute approximate surface area is 117 Å². The Morgan fingerprint density at radius 2 is 1.63 bits per heavy atom. The van der Waals surface area contributed by atoms with E-state index in [1.807, 2.05) is 18.2 Å². The number of Topliss-reactive ketones (excluding diaryl/α,β-unsaturated/α-hetero) is 1. The Bertz CT molecular complexity index is 406. The highest BCUT2D eigenvalue weighted by Gasteiger charge is 2.09. The topological polar surface area (TPSA) is 20.3 Å². The summed E-state index contributed by atoms with van der Waals surface area (Å²) < 4.78 is 0. The van der Waals surface area contributed by atoms with Gasteiger partial charge in [0.05, 0.1) is 0 Å². The summed E-state index contributed by atoms with van der Waals surface area (Å²) in [5, 5.41) is 0. The fourth-order valence-corrected chi connectivity index (χ4v) is 2.29. The van der Waals surface area contributed by atoms with Gasteiger partial charge in [0.25, 0.3) is 0 Å². The van der Waals surface area contributed by atoms with E-state index in [9.17, 15) is 4.79 Å². The normalized spacial score (nSPS) is 11.0. The summed E-state index contributed by atoms with van der Waals surface area (Å²) in [7, 11) is 0. The lowest BCUT2D eigenvalue weighted by atomic mass is 10.0. The van der Waals surface area contributed by atoms with Gasteiger partial charge >= 0.3 is 0 Å². The maximum absolute atomic E-state index is 12.2. The van der Waals surface area contributed by atoms with E-state index >= 15 is 0 Å². The van der Waals surface area contributed by atoms with Gasteiger partial charge in [-0.25, -0.2) is 0 Å². The molecule has 0 fully saturated rings. The fourth-order valence-electron chi connectivity index (χ4n) is 2.29. The zero-order valence-electron chi connectivity index (χ0n) is 12.8. The predicted molar refractivity (Wildman–Crippen MR) is 81.9 cm³/mol. The van der Waals surface area contributed by atoms with Gasteiger partial charge in [-0.15, -0.1) is 0 Å². The molecule has 0 saturated carbocycles. The number of hydrogen-bond donors (Lipinski definition) is 0. The minimum atomic E-state index is 0.264. The predicted octanol–water partition coefficient (Wildman–Crippen LogP) is 4.00. The van der Waals surface area contributed by atoms with E-state index in [1.165, 1.54) is 11.1 Å². The van der Waals surface area contributed by atoms with Gasteiger partial charge < -0.3 is 4.90 Å². The van der Waals surface area contributed by atoms with E-state index in [-0.39, 0.29) is 5.78 Å². The molecule has 0 N–H and O–H groups in total. The monoisotopic (exact) mass is 261 g/mol. The average molecular weight is 261 g/mol. The van der Waals surface area contributed by atoms with Crippen molar-refractivity contribution in [2.24, 2.45) is 0 Å². The molecule has 0 radical (unpaired) electrons. The standard InChI is InChI=1S/C17H27NO/c1-5-10-18(11-6-2)12-9-17(19)16-8-7-14(3)15(4)13-16/h7-8,13H,5-6,9-12H2,1-4H3. The van der Waals surface area contributed by atoms with Crippen molar-refractivity contribution in [1.29, 1.82) is 0 Å². The smallest absolute Gasteiger partial charge is 0.164 e. The molecular weight excluding hydrogens is 234 g/mol. The molecule has 0 saturated heterocycles. The molecule has 0 aliphatic heterocycles. The van der Waals surface area contributed by atoms with Crippen molar-refractivity contribution in [3.8, 4) is 0 Å². The average Bonchev–Trinajstić information content (AvgIpc) is 2.39. The fraction of sp³-hybridized carbons (Fsp3) is 0.588. The van der Waals surface area contributed by atoms with Gasteiger partial charge in [-0.3, -0.25) is 4.79 Å². The van der Waals surface area contributed by atoms with E-state index in [1.54, 1.807) is 0 Å². The van der Waals surface area contributed by atoms with Crippen LogP contribution in [-0.4, -0.2) is 30.3 Å². The number of benzene rings is 1. The largest absolute Gasteiger partial charge is 0.303 e. The Hall–Kier alpha value is -1.15.